The lowest BCUT2D eigenvalue weighted by Crippen LogP contribution is -2.37. The molecule has 0 spiro atoms. The minimum atomic E-state index is 0.148. The van der Waals surface area contributed by atoms with Gasteiger partial charge in [-0.25, -0.2) is 0 Å². The number of allylic oxidation sites excluding steroid dienone is 1. The smallest absolute Gasteiger partial charge is 0.0859 e. The summed E-state index contributed by atoms with van der Waals surface area (Å²) < 4.78 is 5.48. The highest BCUT2D eigenvalue weighted by atomic mass is 16.5. The van der Waals surface area contributed by atoms with E-state index in [4.69, 9.17) is 4.74 Å². The van der Waals surface area contributed by atoms with Gasteiger partial charge < -0.3 is 4.74 Å². The molecule has 0 aromatic carbocycles. The minimum Gasteiger partial charge on any atom is -0.374 e. The van der Waals surface area contributed by atoms with Crippen molar-refractivity contribution in [1.29, 1.82) is 0 Å². The van der Waals surface area contributed by atoms with Crippen molar-refractivity contribution in [3.05, 3.63) is 12.2 Å². The fourth-order valence-electron chi connectivity index (χ4n) is 2.07. The third kappa shape index (κ3) is 0.807. The van der Waals surface area contributed by atoms with E-state index in [2.05, 4.69) is 12.2 Å². The lowest BCUT2D eigenvalue weighted by molar-refractivity contribution is -0.0142. The van der Waals surface area contributed by atoms with Crippen LogP contribution in [0.5, 0.6) is 0 Å². The largest absolute Gasteiger partial charge is 0.374 e. The van der Waals surface area contributed by atoms with E-state index in [0.29, 0.717) is 0 Å². The molecule has 56 valence electrons. The summed E-state index contributed by atoms with van der Waals surface area (Å²) in [6.07, 6.45) is 9.76. The molecule has 10 heavy (non-hydrogen) atoms. The predicted molar refractivity (Wildman–Crippen MR) is 40.8 cm³/mol. The maximum Gasteiger partial charge on any atom is 0.0859 e. The molecule has 1 fully saturated rings. The first kappa shape index (κ1) is 6.41. The van der Waals surface area contributed by atoms with Crippen LogP contribution in [0.15, 0.2) is 12.2 Å². The molecular formula is C9H14O. The zero-order valence-electron chi connectivity index (χ0n) is 6.47. The van der Waals surface area contributed by atoms with Crippen LogP contribution in [0.4, 0.5) is 0 Å². The predicted octanol–water partition coefficient (Wildman–Crippen LogP) is 2.13. The van der Waals surface area contributed by atoms with E-state index in [9.17, 15) is 0 Å². The van der Waals surface area contributed by atoms with Gasteiger partial charge in [-0.2, -0.15) is 0 Å². The summed E-state index contributed by atoms with van der Waals surface area (Å²) in [6, 6.07) is 0. The van der Waals surface area contributed by atoms with E-state index in [0.717, 1.165) is 5.92 Å². The average Bonchev–Trinajstić information content (AvgIpc) is 2.08. The van der Waals surface area contributed by atoms with Crippen LogP contribution in [-0.2, 0) is 4.74 Å². The second-order valence-electron chi connectivity index (χ2n) is 3.47. The van der Waals surface area contributed by atoms with E-state index in [1.54, 1.807) is 0 Å². The number of hydrogen-bond donors (Lipinski definition) is 0. The Labute approximate surface area is 62.1 Å². The summed E-state index contributed by atoms with van der Waals surface area (Å²) in [4.78, 5) is 0. The van der Waals surface area contributed by atoms with Crippen LogP contribution in [0.3, 0.4) is 0 Å². The van der Waals surface area contributed by atoms with Gasteiger partial charge in [0.2, 0.25) is 0 Å². The highest BCUT2D eigenvalue weighted by molar-refractivity contribution is 5.13. The highest BCUT2D eigenvalue weighted by Gasteiger charge is 2.35. The Morgan fingerprint density at radius 1 is 1.40 bits per heavy atom. The summed E-state index contributed by atoms with van der Waals surface area (Å²) in [5, 5.41) is 0. The molecule has 0 aromatic heterocycles. The quantitative estimate of drug-likeness (QED) is 0.504. The molecule has 0 N–H and O–H groups in total. The first-order chi connectivity index (χ1) is 4.85. The monoisotopic (exact) mass is 138 g/mol. The third-order valence-corrected chi connectivity index (χ3v) is 2.96. The van der Waals surface area contributed by atoms with E-state index < -0.39 is 0 Å². The molecule has 0 amide bonds. The van der Waals surface area contributed by atoms with Crippen molar-refractivity contribution in [3.8, 4) is 0 Å². The topological polar surface area (TPSA) is 9.23 Å². The van der Waals surface area contributed by atoms with Gasteiger partial charge >= 0.3 is 0 Å². The fourth-order valence-corrected chi connectivity index (χ4v) is 2.07. The van der Waals surface area contributed by atoms with Crippen molar-refractivity contribution in [2.45, 2.75) is 31.3 Å². The Morgan fingerprint density at radius 3 is 2.40 bits per heavy atom. The molecule has 0 saturated heterocycles. The molecule has 0 aliphatic heterocycles. The van der Waals surface area contributed by atoms with Crippen molar-refractivity contribution in [3.63, 3.8) is 0 Å². The third-order valence-electron chi connectivity index (χ3n) is 2.96. The first-order valence-electron chi connectivity index (χ1n) is 4.09. The summed E-state index contributed by atoms with van der Waals surface area (Å²) in [7, 11) is 1.83. The van der Waals surface area contributed by atoms with E-state index in [1.807, 2.05) is 7.11 Å². The highest BCUT2D eigenvalue weighted by Crippen LogP contribution is 2.40. The Morgan fingerprint density at radius 2 is 2.10 bits per heavy atom. The lowest BCUT2D eigenvalue weighted by atomic mass is 9.73. The molecule has 3 rings (SSSR count). The zero-order valence-corrected chi connectivity index (χ0v) is 6.47. The van der Waals surface area contributed by atoms with Crippen molar-refractivity contribution >= 4 is 0 Å². The summed E-state index contributed by atoms with van der Waals surface area (Å²) in [5.74, 6) is 0.872. The van der Waals surface area contributed by atoms with Gasteiger partial charge in [-0.05, 0) is 31.6 Å². The van der Waals surface area contributed by atoms with Crippen molar-refractivity contribution in [2.24, 2.45) is 5.92 Å². The second kappa shape index (κ2) is 2.09. The number of methoxy groups -OCH3 is 1. The summed E-state index contributed by atoms with van der Waals surface area (Å²) in [5.41, 5.74) is 0.148. The van der Waals surface area contributed by atoms with Gasteiger partial charge in [-0.15, -0.1) is 0 Å². The molecule has 0 aromatic rings. The number of fused-ring (bicyclic) bond motifs is 2. The van der Waals surface area contributed by atoms with Gasteiger partial charge in [0.15, 0.2) is 0 Å². The molecule has 2 bridgehead atoms. The second-order valence-corrected chi connectivity index (χ2v) is 3.47. The molecule has 1 saturated carbocycles. The molecule has 0 unspecified atom stereocenters. The van der Waals surface area contributed by atoms with Gasteiger partial charge in [0.05, 0.1) is 5.60 Å². The van der Waals surface area contributed by atoms with Crippen LogP contribution in [-0.4, -0.2) is 12.7 Å². The SMILES string of the molecule is COC12C=CC(CC1)CC2. The molecule has 0 atom stereocenters. The normalized spacial score (nSPS) is 44.3. The molecule has 3 aliphatic rings. The molecule has 1 nitrogen and oxygen atoms in total. The molecule has 3 aliphatic carbocycles. The number of hydrogen-bond acceptors (Lipinski definition) is 1. The standard InChI is InChI=1S/C9H14O/c1-10-9-5-2-8(3-6-9)4-7-9/h2,5,8H,3-4,6-7H2,1H3. The Hall–Kier alpha value is -0.300. The van der Waals surface area contributed by atoms with Gasteiger partial charge in [0, 0.05) is 7.11 Å². The van der Waals surface area contributed by atoms with Gasteiger partial charge in [-0.1, -0.05) is 12.2 Å². The van der Waals surface area contributed by atoms with Crippen LogP contribution in [0.2, 0.25) is 0 Å². The molecule has 1 heteroatoms. The lowest BCUT2D eigenvalue weighted by Gasteiger charge is -2.40. The van der Waals surface area contributed by atoms with Crippen molar-refractivity contribution in [1.82, 2.24) is 0 Å². The van der Waals surface area contributed by atoms with E-state index in [-0.39, 0.29) is 5.60 Å². The Kier molecular flexibility index (Phi) is 1.34. The van der Waals surface area contributed by atoms with Crippen molar-refractivity contribution < 1.29 is 4.74 Å². The maximum atomic E-state index is 5.48. The zero-order chi connectivity index (χ0) is 7.03. The summed E-state index contributed by atoms with van der Waals surface area (Å²) in [6.45, 7) is 0. The Balaban J connectivity index is 2.22. The molecule has 0 heterocycles. The van der Waals surface area contributed by atoms with Crippen molar-refractivity contribution in [2.75, 3.05) is 7.11 Å². The van der Waals surface area contributed by atoms with Gasteiger partial charge in [-0.3, -0.25) is 0 Å². The molecular weight excluding hydrogens is 124 g/mol. The van der Waals surface area contributed by atoms with Crippen LogP contribution < -0.4 is 0 Å². The maximum absolute atomic E-state index is 5.48. The van der Waals surface area contributed by atoms with Crippen LogP contribution in [0.25, 0.3) is 0 Å². The first-order valence-corrected chi connectivity index (χ1v) is 4.09. The van der Waals surface area contributed by atoms with Gasteiger partial charge in [0.25, 0.3) is 0 Å². The minimum absolute atomic E-state index is 0.148. The van der Waals surface area contributed by atoms with Gasteiger partial charge in [0.1, 0.15) is 0 Å². The summed E-state index contributed by atoms with van der Waals surface area (Å²) >= 11 is 0. The van der Waals surface area contributed by atoms with Crippen LogP contribution >= 0.6 is 0 Å². The van der Waals surface area contributed by atoms with Crippen LogP contribution in [0, 0.1) is 5.92 Å². The van der Waals surface area contributed by atoms with E-state index in [1.165, 1.54) is 25.7 Å². The van der Waals surface area contributed by atoms with E-state index >= 15 is 0 Å². The van der Waals surface area contributed by atoms with Crippen LogP contribution in [0.1, 0.15) is 25.7 Å². The average molecular weight is 138 g/mol. The number of rotatable bonds is 1. The Bertz CT molecular complexity index is 152. The number of ether oxygens (including phenoxy) is 1. The fraction of sp³-hybridized carbons (Fsp3) is 0.778. The molecule has 0 radical (unpaired) electrons.